The highest BCUT2D eigenvalue weighted by Crippen LogP contribution is 2.41. The molecule has 2 heterocycles. The largest absolute Gasteiger partial charge is 0.443 e. The average Bonchev–Trinajstić information content (AvgIpc) is 2.62. The van der Waals surface area contributed by atoms with E-state index in [9.17, 15) is 24.0 Å². The molecule has 2 aliphatic rings. The number of rotatable bonds is 1. The van der Waals surface area contributed by atoms with Crippen LogP contribution in [0.2, 0.25) is 0 Å². The topological polar surface area (TPSA) is 117 Å². The summed E-state index contributed by atoms with van der Waals surface area (Å²) in [5.41, 5.74) is -3.14. The predicted octanol–water partition coefficient (Wildman–Crippen LogP) is 2.98. The Balaban J connectivity index is 2.07. The summed E-state index contributed by atoms with van der Waals surface area (Å²) in [4.78, 5) is 65.5. The lowest BCUT2D eigenvalue weighted by molar-refractivity contribution is -0.140. The number of carbonyl (C=O) groups excluding carboxylic acids is 3. The van der Waals surface area contributed by atoms with E-state index in [0.717, 1.165) is 4.90 Å². The molecule has 33 heavy (non-hydrogen) atoms. The van der Waals surface area contributed by atoms with Gasteiger partial charge >= 0.3 is 17.9 Å². The van der Waals surface area contributed by atoms with Gasteiger partial charge in [-0.3, -0.25) is 14.2 Å². The zero-order valence-corrected chi connectivity index (χ0v) is 20.3. The number of aromatic nitrogens is 2. The third-order valence-corrected chi connectivity index (χ3v) is 5.76. The minimum absolute atomic E-state index is 0.103. The van der Waals surface area contributed by atoms with Crippen LogP contribution in [0.15, 0.2) is 15.8 Å². The minimum atomic E-state index is -1.06. The molecule has 3 rings (SSSR count). The number of hydrogen-bond donors (Lipinski definition) is 0. The predicted molar refractivity (Wildman–Crippen MR) is 119 cm³/mol. The van der Waals surface area contributed by atoms with E-state index in [1.807, 2.05) is 0 Å². The van der Waals surface area contributed by atoms with Gasteiger partial charge in [0.15, 0.2) is 0 Å². The lowest BCUT2D eigenvalue weighted by Gasteiger charge is -2.46. The molecule has 182 valence electrons. The second-order valence-electron chi connectivity index (χ2n) is 10.9. The molecule has 0 radical (unpaired) electrons. The van der Waals surface area contributed by atoms with Crippen LogP contribution in [0.4, 0.5) is 9.59 Å². The van der Waals surface area contributed by atoms with Gasteiger partial charge in [0.25, 0.3) is 5.56 Å². The van der Waals surface area contributed by atoms with E-state index in [1.165, 1.54) is 17.7 Å². The first-order valence-corrected chi connectivity index (χ1v) is 11.2. The van der Waals surface area contributed by atoms with Gasteiger partial charge in [-0.2, -0.15) is 4.57 Å². The summed E-state index contributed by atoms with van der Waals surface area (Å²) >= 11 is 0. The Morgan fingerprint density at radius 2 is 1.48 bits per heavy atom. The molecule has 1 aromatic rings. The van der Waals surface area contributed by atoms with Crippen LogP contribution in [-0.2, 0) is 14.3 Å². The SMILES string of the molecule is Cc1cn([C@@H]2CC[C@H]3CC(=O)N(C(=O)OC(C)(C)C)[C@@H]2C3)c(=O)n(C(=O)OC(C)(C)C)c1=O. The van der Waals surface area contributed by atoms with Crippen LogP contribution >= 0.6 is 0 Å². The maximum atomic E-state index is 13.3. The summed E-state index contributed by atoms with van der Waals surface area (Å²) in [5, 5.41) is 0. The summed E-state index contributed by atoms with van der Waals surface area (Å²) in [6, 6.07) is -1.22. The lowest BCUT2D eigenvalue weighted by Crippen LogP contribution is -2.58. The normalized spacial score (nSPS) is 23.3. The summed E-state index contributed by atoms with van der Waals surface area (Å²) in [5.74, 6) is -0.244. The Morgan fingerprint density at radius 3 is 2.06 bits per heavy atom. The van der Waals surface area contributed by atoms with Gasteiger partial charge in [0.05, 0.1) is 12.1 Å². The molecule has 2 amide bonds. The van der Waals surface area contributed by atoms with Gasteiger partial charge in [-0.1, -0.05) is 0 Å². The summed E-state index contributed by atoms with van der Waals surface area (Å²) in [7, 11) is 0. The maximum Gasteiger partial charge on any atom is 0.425 e. The molecule has 3 atom stereocenters. The Hall–Kier alpha value is -2.91. The Labute approximate surface area is 192 Å². The number of carbonyl (C=O) groups is 3. The lowest BCUT2D eigenvalue weighted by atomic mass is 9.76. The van der Waals surface area contributed by atoms with Crippen molar-refractivity contribution in [3.05, 3.63) is 32.6 Å². The van der Waals surface area contributed by atoms with E-state index in [2.05, 4.69) is 0 Å². The first-order valence-electron chi connectivity index (χ1n) is 11.2. The van der Waals surface area contributed by atoms with Crippen molar-refractivity contribution in [3.63, 3.8) is 0 Å². The third-order valence-electron chi connectivity index (χ3n) is 5.76. The monoisotopic (exact) mass is 463 g/mol. The van der Waals surface area contributed by atoms with Crippen molar-refractivity contribution in [3.8, 4) is 0 Å². The van der Waals surface area contributed by atoms with E-state index in [4.69, 9.17) is 9.47 Å². The molecule has 1 saturated heterocycles. The highest BCUT2D eigenvalue weighted by Gasteiger charge is 2.47. The van der Waals surface area contributed by atoms with Gasteiger partial charge in [-0.25, -0.2) is 19.3 Å². The van der Waals surface area contributed by atoms with Gasteiger partial charge in [-0.15, -0.1) is 0 Å². The van der Waals surface area contributed by atoms with E-state index in [0.29, 0.717) is 23.8 Å². The highest BCUT2D eigenvalue weighted by atomic mass is 16.6. The fraction of sp³-hybridized carbons (Fsp3) is 0.696. The number of nitrogens with zero attached hydrogens (tertiary/aromatic N) is 3. The number of hydrogen-bond acceptors (Lipinski definition) is 7. The Morgan fingerprint density at radius 1 is 0.909 bits per heavy atom. The number of likely N-dealkylation sites (tertiary alicyclic amines) is 1. The van der Waals surface area contributed by atoms with Crippen molar-refractivity contribution in [1.29, 1.82) is 0 Å². The fourth-order valence-corrected chi connectivity index (χ4v) is 4.49. The van der Waals surface area contributed by atoms with E-state index in [-0.39, 0.29) is 23.8 Å². The number of imide groups is 1. The van der Waals surface area contributed by atoms with Crippen LogP contribution in [-0.4, -0.2) is 49.4 Å². The molecule has 1 aliphatic heterocycles. The quantitative estimate of drug-likeness (QED) is 0.628. The van der Waals surface area contributed by atoms with Gasteiger partial charge in [-0.05, 0) is 73.6 Å². The van der Waals surface area contributed by atoms with Crippen molar-refractivity contribution in [2.45, 2.75) is 97.4 Å². The fourth-order valence-electron chi connectivity index (χ4n) is 4.49. The van der Waals surface area contributed by atoms with E-state index >= 15 is 0 Å². The van der Waals surface area contributed by atoms with E-state index < -0.39 is 46.7 Å². The summed E-state index contributed by atoms with van der Waals surface area (Å²) in [6.45, 7) is 11.6. The molecular formula is C23H33N3O7. The smallest absolute Gasteiger partial charge is 0.425 e. The first kappa shape index (κ1) is 24.7. The van der Waals surface area contributed by atoms with Crippen molar-refractivity contribution in [2.75, 3.05) is 0 Å². The molecule has 0 aromatic carbocycles. The average molecular weight is 464 g/mol. The third kappa shape index (κ3) is 5.20. The standard InChI is InChI=1S/C23H33N3O7/c1-13-12-24(19(29)26(18(13)28)21(31)33-23(5,6)7)15-9-8-14-10-16(15)25(17(27)11-14)20(30)32-22(2,3)4/h12,14-16H,8-11H2,1-7H3/t14-,15-,16-/m1/s1. The van der Waals surface area contributed by atoms with Crippen LogP contribution in [0, 0.1) is 12.8 Å². The molecule has 1 saturated carbocycles. The zero-order chi connectivity index (χ0) is 24.9. The molecule has 10 nitrogen and oxygen atoms in total. The van der Waals surface area contributed by atoms with Crippen molar-refractivity contribution in [2.24, 2.45) is 5.92 Å². The first-order chi connectivity index (χ1) is 15.1. The number of piperidine rings is 1. The molecule has 0 N–H and O–H groups in total. The second-order valence-corrected chi connectivity index (χ2v) is 10.9. The van der Waals surface area contributed by atoms with Gasteiger partial charge in [0.2, 0.25) is 5.91 Å². The highest BCUT2D eigenvalue weighted by molar-refractivity contribution is 5.93. The molecule has 2 bridgehead atoms. The van der Waals surface area contributed by atoms with Crippen molar-refractivity contribution < 1.29 is 23.9 Å². The van der Waals surface area contributed by atoms with E-state index in [1.54, 1.807) is 41.5 Å². The van der Waals surface area contributed by atoms with Crippen molar-refractivity contribution in [1.82, 2.24) is 14.0 Å². The molecule has 0 unspecified atom stereocenters. The Bertz CT molecular complexity index is 1090. The number of ether oxygens (including phenoxy) is 2. The number of aryl methyl sites for hydroxylation is 1. The molecule has 0 spiro atoms. The van der Waals surface area contributed by atoms with Crippen LogP contribution in [0.1, 0.15) is 78.8 Å². The van der Waals surface area contributed by atoms with Crippen LogP contribution in [0.25, 0.3) is 0 Å². The van der Waals surface area contributed by atoms with Gasteiger partial charge in [0, 0.05) is 18.2 Å². The summed E-state index contributed by atoms with van der Waals surface area (Å²) < 4.78 is 12.5. The number of fused-ring (bicyclic) bond motifs is 2. The van der Waals surface area contributed by atoms with Crippen LogP contribution in [0.3, 0.4) is 0 Å². The Kier molecular flexibility index (Phi) is 6.34. The van der Waals surface area contributed by atoms with Crippen LogP contribution < -0.4 is 11.2 Å². The molecule has 10 heteroatoms. The van der Waals surface area contributed by atoms with Gasteiger partial charge in [0.1, 0.15) is 11.2 Å². The van der Waals surface area contributed by atoms with Gasteiger partial charge < -0.3 is 9.47 Å². The maximum absolute atomic E-state index is 13.3. The molecular weight excluding hydrogens is 430 g/mol. The zero-order valence-electron chi connectivity index (χ0n) is 20.3. The van der Waals surface area contributed by atoms with Crippen LogP contribution in [0.5, 0.6) is 0 Å². The molecule has 2 fully saturated rings. The number of amides is 2. The molecule has 1 aliphatic carbocycles. The summed E-state index contributed by atoms with van der Waals surface area (Å²) in [6.07, 6.45) is 1.53. The second kappa shape index (κ2) is 8.46. The minimum Gasteiger partial charge on any atom is -0.443 e. The molecule has 1 aromatic heterocycles. The van der Waals surface area contributed by atoms with Crippen molar-refractivity contribution >= 4 is 18.1 Å².